The summed E-state index contributed by atoms with van der Waals surface area (Å²) < 4.78 is 0. The molecule has 2 atom stereocenters. The summed E-state index contributed by atoms with van der Waals surface area (Å²) in [7, 11) is 1.82. The molecule has 1 fully saturated rings. The Kier molecular flexibility index (Phi) is 7.10. The van der Waals surface area contributed by atoms with Crippen molar-refractivity contribution in [3.8, 4) is 0 Å². The van der Waals surface area contributed by atoms with Crippen molar-refractivity contribution in [2.24, 2.45) is 4.99 Å². The fourth-order valence-electron chi connectivity index (χ4n) is 3.35. The number of aliphatic imine (C=N–C) groups is 1. The Morgan fingerprint density at radius 2 is 1.96 bits per heavy atom. The molecule has 0 spiro atoms. The SMILES string of the molecule is CN=C(NCCc1csc(N2CCCC2)n1)NC(C)C(C)c1ccccc1. The molecule has 0 aliphatic carbocycles. The van der Waals surface area contributed by atoms with E-state index in [0.29, 0.717) is 12.0 Å². The fraction of sp³-hybridized carbons (Fsp3) is 0.524. The second-order valence-electron chi connectivity index (χ2n) is 7.20. The van der Waals surface area contributed by atoms with Crippen LogP contribution in [0.15, 0.2) is 40.7 Å². The highest BCUT2D eigenvalue weighted by Crippen LogP contribution is 2.24. The largest absolute Gasteiger partial charge is 0.356 e. The molecule has 2 heterocycles. The van der Waals surface area contributed by atoms with Crippen molar-refractivity contribution in [3.63, 3.8) is 0 Å². The molecular formula is C21H31N5S. The Morgan fingerprint density at radius 1 is 1.22 bits per heavy atom. The van der Waals surface area contributed by atoms with Crippen LogP contribution < -0.4 is 15.5 Å². The van der Waals surface area contributed by atoms with Crippen molar-refractivity contribution in [3.05, 3.63) is 47.0 Å². The molecule has 27 heavy (non-hydrogen) atoms. The molecule has 2 unspecified atom stereocenters. The van der Waals surface area contributed by atoms with Gasteiger partial charge in [0.2, 0.25) is 0 Å². The third-order valence-electron chi connectivity index (χ3n) is 5.25. The number of guanidine groups is 1. The summed E-state index contributed by atoms with van der Waals surface area (Å²) in [4.78, 5) is 11.6. The van der Waals surface area contributed by atoms with Gasteiger partial charge in [0.15, 0.2) is 11.1 Å². The third-order valence-corrected chi connectivity index (χ3v) is 6.20. The molecule has 3 rings (SSSR count). The Bertz CT molecular complexity index is 721. The second kappa shape index (κ2) is 9.74. The minimum absolute atomic E-state index is 0.291. The normalized spacial score (nSPS) is 17.0. The lowest BCUT2D eigenvalue weighted by molar-refractivity contribution is 0.550. The lowest BCUT2D eigenvalue weighted by Crippen LogP contribution is -2.44. The van der Waals surface area contributed by atoms with Crippen LogP contribution in [0.2, 0.25) is 0 Å². The van der Waals surface area contributed by atoms with Crippen LogP contribution in [-0.4, -0.2) is 43.7 Å². The van der Waals surface area contributed by atoms with Crippen LogP contribution in [-0.2, 0) is 6.42 Å². The van der Waals surface area contributed by atoms with Gasteiger partial charge in [-0.1, -0.05) is 37.3 Å². The first-order valence-corrected chi connectivity index (χ1v) is 10.8. The molecule has 2 aromatic rings. The number of nitrogens with zero attached hydrogens (tertiary/aromatic N) is 3. The van der Waals surface area contributed by atoms with Gasteiger partial charge in [-0.2, -0.15) is 0 Å². The van der Waals surface area contributed by atoms with Crippen LogP contribution in [0.4, 0.5) is 5.13 Å². The highest BCUT2D eigenvalue weighted by Gasteiger charge is 2.16. The lowest BCUT2D eigenvalue weighted by Gasteiger charge is -2.24. The van der Waals surface area contributed by atoms with Gasteiger partial charge in [0, 0.05) is 50.4 Å². The monoisotopic (exact) mass is 385 g/mol. The molecule has 0 amide bonds. The van der Waals surface area contributed by atoms with Gasteiger partial charge in [-0.05, 0) is 25.3 Å². The predicted molar refractivity (Wildman–Crippen MR) is 116 cm³/mol. The van der Waals surface area contributed by atoms with E-state index in [4.69, 9.17) is 4.98 Å². The molecule has 0 radical (unpaired) electrons. The van der Waals surface area contributed by atoms with Crippen LogP contribution in [0.3, 0.4) is 0 Å². The zero-order valence-corrected chi connectivity index (χ0v) is 17.4. The predicted octanol–water partition coefficient (Wildman–Crippen LogP) is 3.64. The molecule has 1 saturated heterocycles. The fourth-order valence-corrected chi connectivity index (χ4v) is 4.27. The van der Waals surface area contributed by atoms with E-state index in [9.17, 15) is 0 Å². The number of anilines is 1. The number of nitrogens with one attached hydrogen (secondary N) is 2. The highest BCUT2D eigenvalue weighted by molar-refractivity contribution is 7.13. The Hall–Kier alpha value is -2.08. The van der Waals surface area contributed by atoms with Crippen molar-refractivity contribution in [1.82, 2.24) is 15.6 Å². The number of hydrogen-bond donors (Lipinski definition) is 2. The Morgan fingerprint density at radius 3 is 2.67 bits per heavy atom. The molecule has 6 heteroatoms. The van der Waals surface area contributed by atoms with Crippen LogP contribution >= 0.6 is 11.3 Å². The number of hydrogen-bond acceptors (Lipinski definition) is 4. The Labute approximate surface area is 166 Å². The van der Waals surface area contributed by atoms with E-state index in [2.05, 4.69) is 70.1 Å². The summed E-state index contributed by atoms with van der Waals surface area (Å²) in [5.74, 6) is 1.26. The van der Waals surface area contributed by atoms with Crippen LogP contribution in [0.1, 0.15) is 43.9 Å². The average Bonchev–Trinajstić information content (AvgIpc) is 3.39. The number of benzene rings is 1. The van der Waals surface area contributed by atoms with Gasteiger partial charge in [-0.3, -0.25) is 4.99 Å². The van der Waals surface area contributed by atoms with Crippen molar-refractivity contribution >= 4 is 22.4 Å². The van der Waals surface area contributed by atoms with Crippen molar-refractivity contribution in [2.75, 3.05) is 31.6 Å². The maximum absolute atomic E-state index is 4.79. The first-order valence-electron chi connectivity index (χ1n) is 9.89. The standard InChI is InChI=1S/C21H31N5S/c1-16(18-9-5-4-6-10-18)17(2)24-20(22-3)23-12-11-19-15-27-21(25-19)26-13-7-8-14-26/h4-6,9-10,15-17H,7-8,11-14H2,1-3H3,(H2,22,23,24). The van der Waals surface area contributed by atoms with E-state index in [1.807, 2.05) is 7.05 Å². The van der Waals surface area contributed by atoms with Gasteiger partial charge >= 0.3 is 0 Å². The smallest absolute Gasteiger partial charge is 0.191 e. The highest BCUT2D eigenvalue weighted by atomic mass is 32.1. The van der Waals surface area contributed by atoms with Crippen molar-refractivity contribution in [1.29, 1.82) is 0 Å². The summed E-state index contributed by atoms with van der Waals surface area (Å²) in [6, 6.07) is 10.9. The van der Waals surface area contributed by atoms with Gasteiger partial charge in [0.25, 0.3) is 0 Å². The van der Waals surface area contributed by atoms with Gasteiger partial charge in [0.05, 0.1) is 5.69 Å². The summed E-state index contributed by atoms with van der Waals surface area (Å²) >= 11 is 1.76. The first kappa shape index (κ1) is 19.7. The molecular weight excluding hydrogens is 354 g/mol. The van der Waals surface area contributed by atoms with Gasteiger partial charge < -0.3 is 15.5 Å². The van der Waals surface area contributed by atoms with E-state index >= 15 is 0 Å². The molecule has 1 aromatic carbocycles. The zero-order valence-electron chi connectivity index (χ0n) is 16.6. The second-order valence-corrected chi connectivity index (χ2v) is 8.03. The molecule has 0 bridgehead atoms. The van der Waals surface area contributed by atoms with Crippen molar-refractivity contribution in [2.45, 2.75) is 45.1 Å². The van der Waals surface area contributed by atoms with Gasteiger partial charge in [-0.15, -0.1) is 11.3 Å². The number of rotatable bonds is 7. The summed E-state index contributed by atoms with van der Waals surface area (Å²) in [6.07, 6.45) is 3.49. The maximum atomic E-state index is 4.79. The molecule has 1 aromatic heterocycles. The van der Waals surface area contributed by atoms with Gasteiger partial charge in [0.1, 0.15) is 0 Å². The molecule has 1 aliphatic rings. The number of thiazole rings is 1. The van der Waals surface area contributed by atoms with E-state index in [1.165, 1.54) is 23.5 Å². The quantitative estimate of drug-likeness (QED) is 0.564. The first-order chi connectivity index (χ1) is 13.2. The van der Waals surface area contributed by atoms with E-state index in [1.54, 1.807) is 11.3 Å². The van der Waals surface area contributed by atoms with E-state index in [0.717, 1.165) is 37.7 Å². The molecule has 1 aliphatic heterocycles. The lowest BCUT2D eigenvalue weighted by atomic mass is 9.94. The topological polar surface area (TPSA) is 52.6 Å². The number of aromatic nitrogens is 1. The third kappa shape index (κ3) is 5.45. The summed E-state index contributed by atoms with van der Waals surface area (Å²) in [6.45, 7) is 7.58. The minimum Gasteiger partial charge on any atom is -0.356 e. The molecule has 5 nitrogen and oxygen atoms in total. The van der Waals surface area contributed by atoms with Crippen molar-refractivity contribution < 1.29 is 0 Å². The molecule has 146 valence electrons. The summed E-state index contributed by atoms with van der Waals surface area (Å²) in [5.41, 5.74) is 2.50. The van der Waals surface area contributed by atoms with Crippen LogP contribution in [0.5, 0.6) is 0 Å². The van der Waals surface area contributed by atoms with E-state index < -0.39 is 0 Å². The zero-order chi connectivity index (χ0) is 19.1. The van der Waals surface area contributed by atoms with E-state index in [-0.39, 0.29) is 0 Å². The summed E-state index contributed by atoms with van der Waals surface area (Å²) in [5, 5.41) is 10.3. The maximum Gasteiger partial charge on any atom is 0.191 e. The van der Waals surface area contributed by atoms with Crippen LogP contribution in [0, 0.1) is 0 Å². The molecule has 0 saturated carbocycles. The van der Waals surface area contributed by atoms with Gasteiger partial charge in [-0.25, -0.2) is 4.98 Å². The molecule has 2 N–H and O–H groups in total. The van der Waals surface area contributed by atoms with Crippen LogP contribution in [0.25, 0.3) is 0 Å². The Balaban J connectivity index is 1.45. The minimum atomic E-state index is 0.291. The average molecular weight is 386 g/mol.